The zero-order chi connectivity index (χ0) is 14.0. The topological polar surface area (TPSA) is 12.0 Å². The Labute approximate surface area is 123 Å². The van der Waals surface area contributed by atoms with Crippen molar-refractivity contribution in [3.05, 3.63) is 53.6 Å². The summed E-state index contributed by atoms with van der Waals surface area (Å²) in [7, 11) is 0. The van der Waals surface area contributed by atoms with E-state index in [9.17, 15) is 0 Å². The van der Waals surface area contributed by atoms with Crippen molar-refractivity contribution in [2.75, 3.05) is 13.1 Å². The van der Waals surface area contributed by atoms with Crippen LogP contribution in [0.25, 0.3) is 6.08 Å². The van der Waals surface area contributed by atoms with Gasteiger partial charge in [-0.15, -0.1) is 0 Å². The van der Waals surface area contributed by atoms with E-state index in [1.807, 2.05) is 0 Å². The quantitative estimate of drug-likeness (QED) is 0.730. The third-order valence-corrected chi connectivity index (χ3v) is 4.11. The Bertz CT molecular complexity index is 424. The summed E-state index contributed by atoms with van der Waals surface area (Å²) in [6.07, 6.45) is 13.7. The van der Waals surface area contributed by atoms with Gasteiger partial charge in [0.25, 0.3) is 0 Å². The molecule has 1 aliphatic rings. The average Bonchev–Trinajstić information content (AvgIpc) is 2.52. The first kappa shape index (κ1) is 15.1. The molecule has 1 nitrogen and oxygen atoms in total. The maximum atomic E-state index is 3.49. The van der Waals surface area contributed by atoms with Crippen molar-refractivity contribution in [2.24, 2.45) is 5.92 Å². The van der Waals surface area contributed by atoms with Gasteiger partial charge in [-0.25, -0.2) is 0 Å². The molecular formula is C19H27N. The minimum absolute atomic E-state index is 0.795. The Hall–Kier alpha value is -1.34. The van der Waals surface area contributed by atoms with Gasteiger partial charge in [0.05, 0.1) is 0 Å². The van der Waals surface area contributed by atoms with Crippen molar-refractivity contribution in [3.8, 4) is 0 Å². The van der Waals surface area contributed by atoms with E-state index in [-0.39, 0.29) is 0 Å². The van der Waals surface area contributed by atoms with Gasteiger partial charge in [0.1, 0.15) is 0 Å². The van der Waals surface area contributed by atoms with Gasteiger partial charge >= 0.3 is 0 Å². The van der Waals surface area contributed by atoms with E-state index in [1.54, 1.807) is 5.57 Å². The van der Waals surface area contributed by atoms with E-state index in [2.05, 4.69) is 60.8 Å². The van der Waals surface area contributed by atoms with Crippen LogP contribution in [0.5, 0.6) is 0 Å². The summed E-state index contributed by atoms with van der Waals surface area (Å²) < 4.78 is 0. The van der Waals surface area contributed by atoms with E-state index in [4.69, 9.17) is 0 Å². The Morgan fingerprint density at radius 1 is 1.15 bits per heavy atom. The number of hydrogen-bond acceptors (Lipinski definition) is 1. The largest absolute Gasteiger partial charge is 0.313 e. The lowest BCUT2D eigenvalue weighted by Gasteiger charge is -2.24. The number of likely N-dealkylation sites (N-methyl/N-ethyl adjacent to an activating group) is 1. The predicted octanol–water partition coefficient (Wildman–Crippen LogP) is 4.82. The molecule has 20 heavy (non-hydrogen) atoms. The van der Waals surface area contributed by atoms with Crippen LogP contribution in [0, 0.1) is 5.92 Å². The van der Waals surface area contributed by atoms with Gasteiger partial charge < -0.3 is 5.32 Å². The lowest BCUT2D eigenvalue weighted by molar-refractivity contribution is 0.395. The molecule has 0 radical (unpaired) electrons. The monoisotopic (exact) mass is 269 g/mol. The van der Waals surface area contributed by atoms with Gasteiger partial charge in [-0.2, -0.15) is 0 Å². The van der Waals surface area contributed by atoms with Crippen LogP contribution < -0.4 is 5.32 Å². The molecule has 0 atom stereocenters. The third kappa shape index (κ3) is 4.97. The summed E-state index contributed by atoms with van der Waals surface area (Å²) in [4.78, 5) is 0. The highest BCUT2D eigenvalue weighted by Gasteiger charge is 2.16. The first-order valence-electron chi connectivity index (χ1n) is 8.03. The van der Waals surface area contributed by atoms with Crippen LogP contribution in [0.4, 0.5) is 0 Å². The van der Waals surface area contributed by atoms with E-state index in [0.29, 0.717) is 0 Å². The van der Waals surface area contributed by atoms with E-state index >= 15 is 0 Å². The molecule has 1 N–H and O–H groups in total. The van der Waals surface area contributed by atoms with Crippen LogP contribution in [0.2, 0.25) is 0 Å². The summed E-state index contributed by atoms with van der Waals surface area (Å²) in [6, 6.07) is 10.5. The Balaban J connectivity index is 2.01. The molecule has 0 aliphatic heterocycles. The zero-order valence-electron chi connectivity index (χ0n) is 12.6. The predicted molar refractivity (Wildman–Crippen MR) is 88.7 cm³/mol. The second-order valence-corrected chi connectivity index (χ2v) is 5.63. The Kier molecular flexibility index (Phi) is 6.59. The van der Waals surface area contributed by atoms with Crippen molar-refractivity contribution in [3.63, 3.8) is 0 Å². The molecule has 0 heterocycles. The number of nitrogens with one attached hydrogen (secondary N) is 1. The first-order valence-corrected chi connectivity index (χ1v) is 8.03. The maximum Gasteiger partial charge on any atom is 0.0170 e. The average molecular weight is 269 g/mol. The summed E-state index contributed by atoms with van der Waals surface area (Å²) in [5, 5.41) is 3.49. The molecule has 2 rings (SSSR count). The lowest BCUT2D eigenvalue weighted by atomic mass is 9.83. The van der Waals surface area contributed by atoms with Crippen molar-refractivity contribution in [1.82, 2.24) is 5.32 Å². The van der Waals surface area contributed by atoms with Gasteiger partial charge in [-0.3, -0.25) is 0 Å². The third-order valence-electron chi connectivity index (χ3n) is 4.11. The van der Waals surface area contributed by atoms with Crippen LogP contribution in [-0.2, 0) is 0 Å². The molecule has 1 fully saturated rings. The van der Waals surface area contributed by atoms with Crippen molar-refractivity contribution in [1.29, 1.82) is 0 Å². The molecule has 0 saturated heterocycles. The highest BCUT2D eigenvalue weighted by atomic mass is 14.8. The Morgan fingerprint density at radius 3 is 2.60 bits per heavy atom. The van der Waals surface area contributed by atoms with Crippen LogP contribution in [-0.4, -0.2) is 13.1 Å². The normalized spacial score (nSPS) is 17.8. The molecule has 1 aromatic carbocycles. The molecule has 0 unspecified atom stereocenters. The molecular weight excluding hydrogens is 242 g/mol. The van der Waals surface area contributed by atoms with E-state index in [0.717, 1.165) is 19.0 Å². The van der Waals surface area contributed by atoms with Crippen LogP contribution in [0.1, 0.15) is 44.6 Å². The molecule has 0 bridgehead atoms. The summed E-state index contributed by atoms with van der Waals surface area (Å²) in [6.45, 7) is 4.27. The SMILES string of the molecule is CCNC/C(=C/C=Cc1ccccc1)C1CCCCC1. The molecule has 1 aliphatic carbocycles. The van der Waals surface area contributed by atoms with Gasteiger partial charge in [0.15, 0.2) is 0 Å². The molecule has 1 heteroatoms. The number of benzene rings is 1. The second-order valence-electron chi connectivity index (χ2n) is 5.63. The minimum Gasteiger partial charge on any atom is -0.313 e. The van der Waals surface area contributed by atoms with Crippen molar-refractivity contribution in [2.45, 2.75) is 39.0 Å². The van der Waals surface area contributed by atoms with Crippen LogP contribution in [0.3, 0.4) is 0 Å². The van der Waals surface area contributed by atoms with Crippen LogP contribution >= 0.6 is 0 Å². The number of hydrogen-bond donors (Lipinski definition) is 1. The van der Waals surface area contributed by atoms with Gasteiger partial charge in [0, 0.05) is 6.54 Å². The number of allylic oxidation sites excluding steroid dienone is 2. The highest BCUT2D eigenvalue weighted by molar-refractivity contribution is 5.51. The molecule has 0 amide bonds. The van der Waals surface area contributed by atoms with Crippen molar-refractivity contribution >= 4 is 6.08 Å². The number of rotatable bonds is 6. The minimum atomic E-state index is 0.795. The molecule has 1 saturated carbocycles. The standard InChI is InChI=1S/C19H27N/c1-2-20-16-19(18-13-7-4-8-14-18)15-9-12-17-10-5-3-6-11-17/h3,5-6,9-12,15,18,20H,2,4,7-8,13-14,16H2,1H3/b12-9?,19-15-. The summed E-state index contributed by atoms with van der Waals surface area (Å²) >= 11 is 0. The smallest absolute Gasteiger partial charge is 0.0170 e. The molecule has 1 aromatic rings. The van der Waals surface area contributed by atoms with E-state index in [1.165, 1.54) is 37.7 Å². The van der Waals surface area contributed by atoms with Crippen LogP contribution in [0.15, 0.2) is 48.1 Å². The van der Waals surface area contributed by atoms with Crippen molar-refractivity contribution < 1.29 is 0 Å². The lowest BCUT2D eigenvalue weighted by Crippen LogP contribution is -2.22. The fraction of sp³-hybridized carbons (Fsp3) is 0.474. The molecule has 0 aromatic heterocycles. The first-order chi connectivity index (χ1) is 9.90. The Morgan fingerprint density at radius 2 is 1.90 bits per heavy atom. The summed E-state index contributed by atoms with van der Waals surface area (Å²) in [5.74, 6) is 0.795. The fourth-order valence-electron chi connectivity index (χ4n) is 2.93. The fourth-order valence-corrected chi connectivity index (χ4v) is 2.93. The van der Waals surface area contributed by atoms with Gasteiger partial charge in [-0.1, -0.05) is 80.3 Å². The van der Waals surface area contributed by atoms with E-state index < -0.39 is 0 Å². The maximum absolute atomic E-state index is 3.49. The van der Waals surface area contributed by atoms with Gasteiger partial charge in [-0.05, 0) is 30.9 Å². The zero-order valence-corrected chi connectivity index (χ0v) is 12.6. The highest BCUT2D eigenvalue weighted by Crippen LogP contribution is 2.29. The van der Waals surface area contributed by atoms with Gasteiger partial charge in [0.2, 0.25) is 0 Å². The second kappa shape index (κ2) is 8.76. The molecule has 108 valence electrons. The summed E-state index contributed by atoms with van der Waals surface area (Å²) in [5.41, 5.74) is 2.86. The molecule has 0 spiro atoms.